The first kappa shape index (κ1) is 29.9. The molecule has 11 heteroatoms. The van der Waals surface area contributed by atoms with Crippen molar-refractivity contribution in [2.24, 2.45) is 5.92 Å². The van der Waals surface area contributed by atoms with Gasteiger partial charge in [0, 0.05) is 49.4 Å². The molecule has 2 aromatic rings. The number of likely N-dealkylation sites (N-methyl/N-ethyl adjacent to an activating group) is 1. The number of hydrogen-bond donors (Lipinski definition) is 1. The minimum absolute atomic E-state index is 0.0549. The summed E-state index contributed by atoms with van der Waals surface area (Å²) < 4.78 is 56.4. The molecular formula is C30H37ClF4N4O2. The van der Waals surface area contributed by atoms with Gasteiger partial charge in [-0.15, -0.1) is 13.2 Å². The van der Waals surface area contributed by atoms with Crippen LogP contribution in [0.1, 0.15) is 44.6 Å². The maximum atomic E-state index is 13.7. The van der Waals surface area contributed by atoms with Crippen molar-refractivity contribution in [2.75, 3.05) is 45.1 Å². The lowest BCUT2D eigenvalue weighted by molar-refractivity contribution is -0.274. The highest BCUT2D eigenvalue weighted by molar-refractivity contribution is 6.31. The smallest absolute Gasteiger partial charge is 0.406 e. The predicted molar refractivity (Wildman–Crippen MR) is 151 cm³/mol. The molecule has 41 heavy (non-hydrogen) atoms. The van der Waals surface area contributed by atoms with Gasteiger partial charge >= 0.3 is 12.4 Å². The summed E-state index contributed by atoms with van der Waals surface area (Å²) in [4.78, 5) is 20.3. The average molecular weight is 597 g/mol. The maximum Gasteiger partial charge on any atom is 0.573 e. The molecule has 224 valence electrons. The molecule has 2 amide bonds. The quantitative estimate of drug-likeness (QED) is 0.257. The molecule has 1 saturated heterocycles. The van der Waals surface area contributed by atoms with Crippen molar-refractivity contribution < 1.29 is 27.1 Å². The number of benzene rings is 2. The summed E-state index contributed by atoms with van der Waals surface area (Å²) in [5, 5.41) is 2.82. The first-order valence-electron chi connectivity index (χ1n) is 14.3. The lowest BCUT2D eigenvalue weighted by atomic mass is 9.93. The van der Waals surface area contributed by atoms with Gasteiger partial charge in [0.05, 0.1) is 5.02 Å². The Morgan fingerprint density at radius 3 is 2.71 bits per heavy atom. The molecule has 0 aromatic heterocycles. The van der Waals surface area contributed by atoms with Crippen LogP contribution >= 0.6 is 11.6 Å². The molecule has 6 nitrogen and oxygen atoms in total. The maximum absolute atomic E-state index is 13.7. The molecule has 4 atom stereocenters. The fourth-order valence-corrected chi connectivity index (χ4v) is 7.06. The molecule has 0 bridgehead atoms. The zero-order valence-electron chi connectivity index (χ0n) is 23.4. The lowest BCUT2D eigenvalue weighted by Crippen LogP contribution is -2.50. The Hall–Kier alpha value is -2.56. The highest BCUT2D eigenvalue weighted by Gasteiger charge is 2.64. The molecule has 0 spiro atoms. The summed E-state index contributed by atoms with van der Waals surface area (Å²) in [6.45, 7) is 6.86. The second-order valence-electron chi connectivity index (χ2n) is 11.8. The fraction of sp³-hybridized carbons (Fsp3) is 0.567. The lowest BCUT2D eigenvalue weighted by Gasteiger charge is -2.38. The number of amides is 2. The second kappa shape index (κ2) is 12.0. The number of hydrogen-bond acceptors (Lipinski definition) is 4. The molecule has 2 saturated carbocycles. The van der Waals surface area contributed by atoms with Gasteiger partial charge in [-0.1, -0.05) is 23.7 Å². The summed E-state index contributed by atoms with van der Waals surface area (Å²) in [5.41, 5.74) is 0.971. The van der Waals surface area contributed by atoms with Crippen LogP contribution in [0.25, 0.3) is 0 Å². The fourth-order valence-electron chi connectivity index (χ4n) is 6.88. The Morgan fingerprint density at radius 1 is 1.20 bits per heavy atom. The third kappa shape index (κ3) is 6.92. The van der Waals surface area contributed by atoms with Gasteiger partial charge in [-0.2, -0.15) is 0 Å². The first-order valence-corrected chi connectivity index (χ1v) is 14.6. The van der Waals surface area contributed by atoms with Crippen molar-refractivity contribution in [2.45, 2.75) is 62.9 Å². The van der Waals surface area contributed by atoms with Gasteiger partial charge in [-0.25, -0.2) is 9.18 Å². The number of nitrogens with one attached hydrogen (secondary N) is 1. The van der Waals surface area contributed by atoms with E-state index in [1.165, 1.54) is 30.3 Å². The number of carbonyl (C=O) groups is 1. The van der Waals surface area contributed by atoms with E-state index in [4.69, 9.17) is 11.6 Å². The van der Waals surface area contributed by atoms with E-state index < -0.39 is 12.2 Å². The van der Waals surface area contributed by atoms with Crippen LogP contribution in [0.4, 0.5) is 28.0 Å². The number of anilines is 1. The van der Waals surface area contributed by atoms with Crippen molar-refractivity contribution in [1.82, 2.24) is 14.7 Å². The topological polar surface area (TPSA) is 48.0 Å². The normalized spacial score (nSPS) is 26.5. The number of unbranched alkanes of at least 4 members (excludes halogenated alkanes) is 1. The predicted octanol–water partition coefficient (Wildman–Crippen LogP) is 6.75. The van der Waals surface area contributed by atoms with Crippen LogP contribution < -0.4 is 10.1 Å². The first-order chi connectivity index (χ1) is 19.4. The number of urea groups is 1. The van der Waals surface area contributed by atoms with Crippen LogP contribution in [0, 0.1) is 11.7 Å². The summed E-state index contributed by atoms with van der Waals surface area (Å²) in [6, 6.07) is 10.5. The molecule has 2 aromatic carbocycles. The molecule has 0 unspecified atom stereocenters. The van der Waals surface area contributed by atoms with Gasteiger partial charge in [0.25, 0.3) is 0 Å². The number of ether oxygens (including phenoxy) is 1. The van der Waals surface area contributed by atoms with E-state index in [9.17, 15) is 22.4 Å². The van der Waals surface area contributed by atoms with Crippen LogP contribution in [0.15, 0.2) is 42.5 Å². The zero-order valence-corrected chi connectivity index (χ0v) is 24.1. The molecule has 3 fully saturated rings. The van der Waals surface area contributed by atoms with E-state index in [2.05, 4.69) is 33.8 Å². The number of halogens is 5. The van der Waals surface area contributed by atoms with Crippen molar-refractivity contribution in [3.63, 3.8) is 0 Å². The van der Waals surface area contributed by atoms with Gasteiger partial charge < -0.3 is 19.9 Å². The number of fused-ring (bicyclic) bond motifs is 1. The molecule has 1 aliphatic heterocycles. The van der Waals surface area contributed by atoms with E-state index in [0.717, 1.165) is 63.8 Å². The third-order valence-corrected chi connectivity index (χ3v) is 9.31. The molecule has 1 heterocycles. The Kier molecular flexibility index (Phi) is 8.74. The van der Waals surface area contributed by atoms with E-state index in [1.807, 2.05) is 11.0 Å². The Morgan fingerprint density at radius 2 is 2.00 bits per heavy atom. The van der Waals surface area contributed by atoms with Gasteiger partial charge in [0.1, 0.15) is 11.6 Å². The monoisotopic (exact) mass is 596 g/mol. The van der Waals surface area contributed by atoms with Crippen molar-refractivity contribution in [1.29, 1.82) is 0 Å². The third-order valence-electron chi connectivity index (χ3n) is 9.02. The van der Waals surface area contributed by atoms with E-state index >= 15 is 0 Å². The Labute approximate surface area is 243 Å². The number of carbonyl (C=O) groups excluding carboxylic acids is 1. The van der Waals surface area contributed by atoms with Crippen LogP contribution in [0.3, 0.4) is 0 Å². The minimum atomic E-state index is -4.75. The van der Waals surface area contributed by atoms with Crippen molar-refractivity contribution >= 4 is 23.3 Å². The summed E-state index contributed by atoms with van der Waals surface area (Å²) >= 11 is 5.94. The van der Waals surface area contributed by atoms with Crippen molar-refractivity contribution in [3.05, 3.63) is 58.9 Å². The van der Waals surface area contributed by atoms with Crippen LogP contribution in [0.2, 0.25) is 5.02 Å². The Balaban J connectivity index is 1.27. The molecule has 2 aliphatic carbocycles. The standard InChI is InChI=1S/C30H37ClF4N4O2/c1-20-19-37(2)14-15-38(20)12-3-4-13-39(28(40)36-22-8-9-26(32)25(31)17-22)27-10-11-29(18-24(27)29)21-6-5-7-23(16-21)41-30(33,34)35/h5-9,16-17,20,24,27H,3-4,10-15,18-19H2,1-2H3,(H,36,40)/t20-,24+,27+,29+/m0/s1. The Bertz CT molecular complexity index is 1250. The van der Waals surface area contributed by atoms with E-state index in [0.29, 0.717) is 18.3 Å². The molecule has 0 radical (unpaired) electrons. The van der Waals surface area contributed by atoms with E-state index in [-0.39, 0.29) is 34.2 Å². The number of rotatable bonds is 9. The number of piperazine rings is 1. The highest BCUT2D eigenvalue weighted by atomic mass is 35.5. The summed E-state index contributed by atoms with van der Waals surface area (Å²) in [7, 11) is 2.14. The van der Waals surface area contributed by atoms with Gasteiger partial charge in [0.15, 0.2) is 0 Å². The van der Waals surface area contributed by atoms with Crippen molar-refractivity contribution in [3.8, 4) is 5.75 Å². The van der Waals surface area contributed by atoms with E-state index in [1.54, 1.807) is 6.07 Å². The summed E-state index contributed by atoms with van der Waals surface area (Å²) in [5.74, 6) is -0.641. The largest absolute Gasteiger partial charge is 0.573 e. The highest BCUT2D eigenvalue weighted by Crippen LogP contribution is 2.65. The zero-order chi connectivity index (χ0) is 29.4. The molecular weight excluding hydrogens is 560 g/mol. The minimum Gasteiger partial charge on any atom is -0.406 e. The van der Waals surface area contributed by atoms with Crippen LogP contribution in [-0.2, 0) is 5.41 Å². The van der Waals surface area contributed by atoms with Gasteiger partial charge in [0.2, 0.25) is 0 Å². The SMILES string of the molecule is C[C@H]1CN(C)CCN1CCCCN(C(=O)Nc1ccc(F)c(Cl)c1)[C@@H]1CC[C@]2(c3cccc(OC(F)(F)F)c3)C[C@H]12. The van der Waals surface area contributed by atoms with Gasteiger partial charge in [-0.05, 0) is 94.4 Å². The van der Waals surface area contributed by atoms with Crippen LogP contribution in [0.5, 0.6) is 5.75 Å². The molecule has 1 N–H and O–H groups in total. The number of alkyl halides is 3. The second-order valence-corrected chi connectivity index (χ2v) is 12.2. The summed E-state index contributed by atoms with van der Waals surface area (Å²) in [6.07, 6.45) is -0.651. The van der Waals surface area contributed by atoms with Crippen LogP contribution in [-0.4, -0.2) is 78.9 Å². The average Bonchev–Trinajstić information content (AvgIpc) is 3.53. The van der Waals surface area contributed by atoms with Gasteiger partial charge in [-0.3, -0.25) is 4.90 Å². The molecule has 3 aliphatic rings. The number of nitrogens with zero attached hydrogens (tertiary/aromatic N) is 3. The molecule has 5 rings (SSSR count).